The highest BCUT2D eigenvalue weighted by Crippen LogP contribution is 2.41. The third-order valence-electron chi connectivity index (χ3n) is 3.35. The Balaban J connectivity index is 2.14. The molecular weight excluding hydrogens is 228 g/mol. The highest BCUT2D eigenvalue weighted by molar-refractivity contribution is 6.11. The van der Waals surface area contributed by atoms with Crippen molar-refractivity contribution < 1.29 is 13.9 Å². The normalized spacial score (nSPS) is 12.7. The first kappa shape index (κ1) is 9.71. The fourth-order valence-electron chi connectivity index (χ4n) is 2.63. The van der Waals surface area contributed by atoms with Crippen molar-refractivity contribution in [2.45, 2.75) is 13.3 Å². The molecular formula is C15H10O3. The summed E-state index contributed by atoms with van der Waals surface area (Å²) >= 11 is 0. The van der Waals surface area contributed by atoms with Crippen molar-refractivity contribution in [3.8, 4) is 5.75 Å². The number of fused-ring (bicyclic) bond motifs is 1. The van der Waals surface area contributed by atoms with Crippen molar-refractivity contribution in [3.63, 3.8) is 0 Å². The zero-order chi connectivity index (χ0) is 12.3. The maximum Gasteiger partial charge on any atom is 0.308 e. The highest BCUT2D eigenvalue weighted by Gasteiger charge is 2.21. The first-order chi connectivity index (χ1) is 8.72. The third kappa shape index (κ3) is 1.16. The van der Waals surface area contributed by atoms with E-state index < -0.39 is 0 Å². The van der Waals surface area contributed by atoms with Crippen LogP contribution in [0, 0.1) is 0 Å². The number of benzene rings is 2. The minimum Gasteiger partial charge on any atom is -0.456 e. The van der Waals surface area contributed by atoms with Crippen LogP contribution in [0.25, 0.3) is 21.9 Å². The van der Waals surface area contributed by atoms with Crippen LogP contribution in [0.1, 0.15) is 18.1 Å². The first-order valence-electron chi connectivity index (χ1n) is 5.88. The molecule has 0 fully saturated rings. The average molecular weight is 238 g/mol. The molecule has 1 aromatic heterocycles. The Morgan fingerprint density at radius 2 is 2.06 bits per heavy atom. The number of hydrogen-bond donors (Lipinski definition) is 0. The summed E-state index contributed by atoms with van der Waals surface area (Å²) in [5.74, 6) is 0.265. The Morgan fingerprint density at radius 3 is 2.83 bits per heavy atom. The predicted molar refractivity (Wildman–Crippen MR) is 67.8 cm³/mol. The van der Waals surface area contributed by atoms with Crippen molar-refractivity contribution in [1.82, 2.24) is 0 Å². The summed E-state index contributed by atoms with van der Waals surface area (Å²) < 4.78 is 11.1. The molecule has 1 heterocycles. The lowest BCUT2D eigenvalue weighted by atomic mass is 9.88. The van der Waals surface area contributed by atoms with E-state index in [-0.39, 0.29) is 5.97 Å². The first-order valence-corrected chi connectivity index (χ1v) is 5.88. The fraction of sp³-hybridized carbons (Fsp3) is 0.133. The van der Waals surface area contributed by atoms with Crippen molar-refractivity contribution in [2.75, 3.05) is 0 Å². The Kier molecular flexibility index (Phi) is 1.69. The lowest BCUT2D eigenvalue weighted by molar-refractivity contribution is -0.131. The van der Waals surface area contributed by atoms with E-state index >= 15 is 0 Å². The van der Waals surface area contributed by atoms with Gasteiger partial charge in [-0.1, -0.05) is 12.1 Å². The molecule has 0 radical (unpaired) electrons. The molecule has 2 aromatic carbocycles. The van der Waals surface area contributed by atoms with Crippen LogP contribution in [0.2, 0.25) is 0 Å². The molecule has 2 aliphatic carbocycles. The molecule has 3 heteroatoms. The van der Waals surface area contributed by atoms with Gasteiger partial charge in [-0.05, 0) is 35.7 Å². The molecule has 0 spiro atoms. The number of rotatable bonds is 1. The van der Waals surface area contributed by atoms with E-state index in [9.17, 15) is 4.79 Å². The zero-order valence-corrected chi connectivity index (χ0v) is 9.82. The minimum atomic E-state index is -0.313. The number of furan rings is 1. The minimum absolute atomic E-state index is 0.313. The second kappa shape index (κ2) is 3.13. The molecule has 0 amide bonds. The number of hydrogen-bond acceptors (Lipinski definition) is 3. The second-order valence-electron chi connectivity index (χ2n) is 4.63. The van der Waals surface area contributed by atoms with Crippen LogP contribution in [-0.2, 0) is 11.2 Å². The summed E-state index contributed by atoms with van der Waals surface area (Å²) in [4.78, 5) is 11.2. The van der Waals surface area contributed by atoms with E-state index in [0.29, 0.717) is 5.75 Å². The summed E-state index contributed by atoms with van der Waals surface area (Å²) in [5.41, 5.74) is 4.21. The largest absolute Gasteiger partial charge is 0.456 e. The molecule has 18 heavy (non-hydrogen) atoms. The zero-order valence-electron chi connectivity index (χ0n) is 9.82. The van der Waals surface area contributed by atoms with Gasteiger partial charge in [0.05, 0.1) is 5.39 Å². The Morgan fingerprint density at radius 1 is 1.22 bits per heavy atom. The number of carbonyl (C=O) groups is 1. The van der Waals surface area contributed by atoms with Crippen molar-refractivity contribution in [2.24, 2.45) is 0 Å². The van der Waals surface area contributed by atoms with Crippen molar-refractivity contribution >= 4 is 27.9 Å². The van der Waals surface area contributed by atoms with Gasteiger partial charge in [0.2, 0.25) is 0 Å². The van der Waals surface area contributed by atoms with Gasteiger partial charge in [0.25, 0.3) is 0 Å². The molecule has 88 valence electrons. The van der Waals surface area contributed by atoms with Crippen LogP contribution in [0.4, 0.5) is 0 Å². The van der Waals surface area contributed by atoms with Crippen LogP contribution < -0.4 is 4.74 Å². The average Bonchev–Trinajstić information content (AvgIpc) is 2.66. The maximum atomic E-state index is 11.2. The molecule has 0 saturated carbocycles. The number of carbonyl (C=O) groups excluding carboxylic acids is 1. The molecule has 3 nitrogen and oxygen atoms in total. The van der Waals surface area contributed by atoms with Crippen molar-refractivity contribution in [3.05, 3.63) is 41.5 Å². The summed E-state index contributed by atoms with van der Waals surface area (Å²) in [6.07, 6.45) is 0.982. The quantitative estimate of drug-likeness (QED) is 0.377. The van der Waals surface area contributed by atoms with E-state index in [1.54, 1.807) is 6.07 Å². The van der Waals surface area contributed by atoms with Gasteiger partial charge in [-0.25, -0.2) is 0 Å². The van der Waals surface area contributed by atoms with Gasteiger partial charge in [0.15, 0.2) is 0 Å². The fourth-order valence-corrected chi connectivity index (χ4v) is 2.63. The Hall–Kier alpha value is -2.29. The standard InChI is InChI=1S/C15H10O3/c1-8(16)17-11-3-2-4-12-15(11)14-10-5-9(6-10)7-13(14)18-12/h2-5,7H,6H2,1H3. The summed E-state index contributed by atoms with van der Waals surface area (Å²) in [5, 5.41) is 1.99. The molecule has 0 saturated heterocycles. The maximum absolute atomic E-state index is 11.2. The summed E-state index contributed by atoms with van der Waals surface area (Å²) in [7, 11) is 0. The van der Waals surface area contributed by atoms with E-state index in [4.69, 9.17) is 9.15 Å². The molecule has 2 aliphatic rings. The monoisotopic (exact) mass is 238 g/mol. The molecule has 5 rings (SSSR count). The molecule has 3 aromatic rings. The van der Waals surface area contributed by atoms with Gasteiger partial charge in [-0.15, -0.1) is 0 Å². The van der Waals surface area contributed by atoms with E-state index in [2.05, 4.69) is 12.1 Å². The number of ether oxygens (including phenoxy) is 1. The number of esters is 1. The molecule has 0 N–H and O–H groups in total. The Labute approximate surface area is 103 Å². The van der Waals surface area contributed by atoms with E-state index in [1.165, 1.54) is 18.1 Å². The van der Waals surface area contributed by atoms with Gasteiger partial charge in [-0.2, -0.15) is 0 Å². The van der Waals surface area contributed by atoms with Crippen LogP contribution >= 0.6 is 0 Å². The van der Waals surface area contributed by atoms with Gasteiger partial charge < -0.3 is 9.15 Å². The third-order valence-corrected chi connectivity index (χ3v) is 3.35. The van der Waals surface area contributed by atoms with Crippen LogP contribution in [0.3, 0.4) is 0 Å². The second-order valence-corrected chi connectivity index (χ2v) is 4.63. The van der Waals surface area contributed by atoms with Crippen molar-refractivity contribution in [1.29, 1.82) is 0 Å². The highest BCUT2D eigenvalue weighted by atomic mass is 16.5. The smallest absolute Gasteiger partial charge is 0.308 e. The van der Waals surface area contributed by atoms with Crippen LogP contribution in [0.15, 0.2) is 34.7 Å². The molecule has 0 atom stereocenters. The predicted octanol–water partition coefficient (Wildman–Crippen LogP) is 3.42. The molecule has 0 unspecified atom stereocenters. The molecule has 0 aliphatic heterocycles. The van der Waals surface area contributed by atoms with E-state index in [0.717, 1.165) is 28.4 Å². The lowest BCUT2D eigenvalue weighted by Crippen LogP contribution is -2.03. The van der Waals surface area contributed by atoms with Gasteiger partial charge in [0.1, 0.15) is 16.9 Å². The van der Waals surface area contributed by atoms with E-state index in [1.807, 2.05) is 12.1 Å². The van der Waals surface area contributed by atoms with Crippen LogP contribution in [-0.4, -0.2) is 5.97 Å². The van der Waals surface area contributed by atoms with Gasteiger partial charge >= 0.3 is 5.97 Å². The molecule has 2 bridgehead atoms. The summed E-state index contributed by atoms with van der Waals surface area (Å²) in [6.45, 7) is 1.41. The van der Waals surface area contributed by atoms with Crippen LogP contribution in [0.5, 0.6) is 5.75 Å². The summed E-state index contributed by atoms with van der Waals surface area (Å²) in [6, 6.07) is 9.75. The Bertz CT molecular complexity index is 811. The topological polar surface area (TPSA) is 39.4 Å². The lowest BCUT2D eigenvalue weighted by Gasteiger charge is -2.15. The van der Waals surface area contributed by atoms with Gasteiger partial charge in [0, 0.05) is 12.3 Å². The van der Waals surface area contributed by atoms with Gasteiger partial charge in [-0.3, -0.25) is 4.79 Å². The SMILES string of the molecule is CC(=O)Oc1cccc2oc3cc4cc(c3c12)C4.